The number of hydrogen-bond acceptors (Lipinski definition) is 1. The van der Waals surface area contributed by atoms with E-state index in [0.29, 0.717) is 0 Å². The van der Waals surface area contributed by atoms with Gasteiger partial charge in [0, 0.05) is 11.0 Å². The van der Waals surface area contributed by atoms with Gasteiger partial charge in [-0.1, -0.05) is 35.0 Å². The van der Waals surface area contributed by atoms with E-state index in [-0.39, 0.29) is 0 Å². The molecule has 1 N–H and O–H groups in total. The van der Waals surface area contributed by atoms with E-state index in [4.69, 9.17) is 0 Å². The normalized spacial score (nSPS) is 24.2. The Morgan fingerprint density at radius 3 is 2.80 bits per heavy atom. The Morgan fingerprint density at radius 1 is 1.47 bits per heavy atom. The van der Waals surface area contributed by atoms with Crippen molar-refractivity contribution >= 4 is 15.9 Å². The van der Waals surface area contributed by atoms with Gasteiger partial charge in [0.2, 0.25) is 0 Å². The summed E-state index contributed by atoms with van der Waals surface area (Å²) in [6.07, 6.45) is 1.41. The predicted molar refractivity (Wildman–Crippen MR) is 67.9 cm³/mol. The summed E-state index contributed by atoms with van der Waals surface area (Å²) < 4.78 is 1.20. The second-order valence-electron chi connectivity index (χ2n) is 4.69. The molecule has 0 spiro atoms. The van der Waals surface area contributed by atoms with Gasteiger partial charge in [-0.05, 0) is 48.9 Å². The standard InChI is InChI=1S/C13H18BrN/c1-9-6-12(9)8-15-7-11-3-4-13(14)10(2)5-11/h3-5,9,12,15H,6-8H2,1-2H3. The lowest BCUT2D eigenvalue weighted by atomic mass is 10.1. The van der Waals surface area contributed by atoms with E-state index in [2.05, 4.69) is 53.3 Å². The predicted octanol–water partition coefficient (Wildman–Crippen LogP) is 3.50. The van der Waals surface area contributed by atoms with Gasteiger partial charge in [0.05, 0.1) is 0 Å². The number of benzene rings is 1. The molecule has 1 aliphatic carbocycles. The largest absolute Gasteiger partial charge is 0.312 e. The van der Waals surface area contributed by atoms with Crippen molar-refractivity contribution < 1.29 is 0 Å². The van der Waals surface area contributed by atoms with Crippen molar-refractivity contribution in [2.75, 3.05) is 6.54 Å². The highest BCUT2D eigenvalue weighted by Crippen LogP contribution is 2.36. The maximum absolute atomic E-state index is 3.53. The van der Waals surface area contributed by atoms with Crippen LogP contribution in [-0.4, -0.2) is 6.54 Å². The third-order valence-corrected chi connectivity index (χ3v) is 4.12. The Kier molecular flexibility index (Phi) is 3.47. The first-order valence-electron chi connectivity index (χ1n) is 5.62. The lowest BCUT2D eigenvalue weighted by Gasteiger charge is -2.06. The van der Waals surface area contributed by atoms with E-state index in [9.17, 15) is 0 Å². The maximum atomic E-state index is 3.53. The zero-order valence-corrected chi connectivity index (χ0v) is 11.0. The van der Waals surface area contributed by atoms with Crippen LogP contribution in [-0.2, 0) is 6.54 Å². The summed E-state index contributed by atoms with van der Waals surface area (Å²) in [6.45, 7) is 6.64. The fourth-order valence-electron chi connectivity index (χ4n) is 1.90. The average Bonchev–Trinajstić information content (AvgIpc) is 2.88. The topological polar surface area (TPSA) is 12.0 Å². The first-order valence-corrected chi connectivity index (χ1v) is 6.42. The number of nitrogens with one attached hydrogen (secondary N) is 1. The van der Waals surface area contributed by atoms with Crippen LogP contribution in [0, 0.1) is 18.8 Å². The van der Waals surface area contributed by atoms with Crippen LogP contribution in [0.1, 0.15) is 24.5 Å². The van der Waals surface area contributed by atoms with Gasteiger partial charge >= 0.3 is 0 Å². The van der Waals surface area contributed by atoms with Crippen LogP contribution in [0.2, 0.25) is 0 Å². The van der Waals surface area contributed by atoms with E-state index >= 15 is 0 Å². The van der Waals surface area contributed by atoms with Crippen LogP contribution in [0.25, 0.3) is 0 Å². The molecule has 0 radical (unpaired) electrons. The summed E-state index contributed by atoms with van der Waals surface area (Å²) in [4.78, 5) is 0. The minimum Gasteiger partial charge on any atom is -0.312 e. The highest BCUT2D eigenvalue weighted by Gasteiger charge is 2.31. The van der Waals surface area contributed by atoms with Crippen molar-refractivity contribution in [1.29, 1.82) is 0 Å². The van der Waals surface area contributed by atoms with E-state index in [0.717, 1.165) is 18.4 Å². The van der Waals surface area contributed by atoms with Gasteiger partial charge < -0.3 is 5.32 Å². The summed E-state index contributed by atoms with van der Waals surface area (Å²) in [5.74, 6) is 1.88. The van der Waals surface area contributed by atoms with Gasteiger partial charge in [-0.15, -0.1) is 0 Å². The highest BCUT2D eigenvalue weighted by molar-refractivity contribution is 9.10. The third-order valence-electron chi connectivity index (χ3n) is 3.23. The summed E-state index contributed by atoms with van der Waals surface area (Å²) in [5.41, 5.74) is 2.69. The van der Waals surface area contributed by atoms with E-state index in [1.165, 1.54) is 28.6 Å². The third kappa shape index (κ3) is 3.05. The zero-order chi connectivity index (χ0) is 10.8. The minimum atomic E-state index is 0.932. The maximum Gasteiger partial charge on any atom is 0.0205 e. The van der Waals surface area contributed by atoms with Crippen LogP contribution in [0.5, 0.6) is 0 Å². The van der Waals surface area contributed by atoms with Crippen LogP contribution < -0.4 is 5.32 Å². The first kappa shape index (κ1) is 11.2. The Bertz CT molecular complexity index is 348. The van der Waals surface area contributed by atoms with E-state index in [1.54, 1.807) is 0 Å². The summed E-state index contributed by atoms with van der Waals surface area (Å²) >= 11 is 3.52. The number of aryl methyl sites for hydroxylation is 1. The molecule has 2 unspecified atom stereocenters. The van der Waals surface area contributed by atoms with Crippen molar-refractivity contribution in [1.82, 2.24) is 5.32 Å². The molecule has 0 heterocycles. The fourth-order valence-corrected chi connectivity index (χ4v) is 2.15. The van der Waals surface area contributed by atoms with Gasteiger partial charge in [-0.25, -0.2) is 0 Å². The van der Waals surface area contributed by atoms with Gasteiger partial charge in [0.25, 0.3) is 0 Å². The molecule has 15 heavy (non-hydrogen) atoms. The number of rotatable bonds is 4. The van der Waals surface area contributed by atoms with Crippen LogP contribution >= 0.6 is 15.9 Å². The fraction of sp³-hybridized carbons (Fsp3) is 0.538. The molecular weight excluding hydrogens is 250 g/mol. The minimum absolute atomic E-state index is 0.932. The van der Waals surface area contributed by atoms with Gasteiger partial charge in [-0.2, -0.15) is 0 Å². The molecule has 82 valence electrons. The van der Waals surface area contributed by atoms with Crippen LogP contribution in [0.15, 0.2) is 22.7 Å². The Hall–Kier alpha value is -0.340. The van der Waals surface area contributed by atoms with Crippen LogP contribution in [0.4, 0.5) is 0 Å². The van der Waals surface area contributed by atoms with Crippen molar-refractivity contribution in [3.8, 4) is 0 Å². The lowest BCUT2D eigenvalue weighted by molar-refractivity contribution is 0.612. The monoisotopic (exact) mass is 267 g/mol. The lowest BCUT2D eigenvalue weighted by Crippen LogP contribution is -2.16. The molecule has 1 saturated carbocycles. The molecule has 0 aromatic heterocycles. The Morgan fingerprint density at radius 2 is 2.20 bits per heavy atom. The summed E-state index contributed by atoms with van der Waals surface area (Å²) in [6, 6.07) is 6.56. The molecule has 0 aliphatic heterocycles. The van der Waals surface area contributed by atoms with Crippen LogP contribution in [0.3, 0.4) is 0 Å². The second kappa shape index (κ2) is 4.67. The Labute approximate surface area is 100 Å². The molecule has 2 atom stereocenters. The molecule has 1 aliphatic rings. The smallest absolute Gasteiger partial charge is 0.0205 e. The van der Waals surface area contributed by atoms with E-state index in [1.807, 2.05) is 0 Å². The van der Waals surface area contributed by atoms with Crippen molar-refractivity contribution in [2.45, 2.75) is 26.8 Å². The van der Waals surface area contributed by atoms with Crippen molar-refractivity contribution in [2.24, 2.45) is 11.8 Å². The molecule has 0 bridgehead atoms. The molecule has 1 aromatic carbocycles. The quantitative estimate of drug-likeness (QED) is 0.881. The molecule has 1 aromatic rings. The number of halogens is 1. The zero-order valence-electron chi connectivity index (χ0n) is 9.39. The second-order valence-corrected chi connectivity index (χ2v) is 5.54. The summed E-state index contributed by atoms with van der Waals surface area (Å²) in [7, 11) is 0. The SMILES string of the molecule is Cc1cc(CNCC2CC2C)ccc1Br. The molecule has 0 amide bonds. The van der Waals surface area contributed by atoms with Gasteiger partial charge in [0.15, 0.2) is 0 Å². The number of hydrogen-bond donors (Lipinski definition) is 1. The molecule has 2 rings (SSSR count). The average molecular weight is 268 g/mol. The molecule has 1 nitrogen and oxygen atoms in total. The Balaban J connectivity index is 1.80. The summed E-state index contributed by atoms with van der Waals surface area (Å²) in [5, 5.41) is 3.53. The first-order chi connectivity index (χ1) is 7.16. The van der Waals surface area contributed by atoms with Crippen molar-refractivity contribution in [3.63, 3.8) is 0 Å². The van der Waals surface area contributed by atoms with E-state index < -0.39 is 0 Å². The molecular formula is C13H18BrN. The van der Waals surface area contributed by atoms with Crippen molar-refractivity contribution in [3.05, 3.63) is 33.8 Å². The highest BCUT2D eigenvalue weighted by atomic mass is 79.9. The van der Waals surface area contributed by atoms with Gasteiger partial charge in [-0.3, -0.25) is 0 Å². The van der Waals surface area contributed by atoms with Gasteiger partial charge in [0.1, 0.15) is 0 Å². The molecule has 2 heteroatoms. The molecule has 1 fully saturated rings. The molecule has 0 saturated heterocycles.